The highest BCUT2D eigenvalue weighted by atomic mass is 32.1. The maximum absolute atomic E-state index is 9.71. The number of fused-ring (bicyclic) bond motifs is 1. The summed E-state index contributed by atoms with van der Waals surface area (Å²) in [4.78, 5) is 6.25. The molecule has 0 aromatic carbocycles. The first kappa shape index (κ1) is 14.5. The maximum atomic E-state index is 9.71. The molecule has 4 heteroatoms. The van der Waals surface area contributed by atoms with Gasteiger partial charge in [0, 0.05) is 29.0 Å². The second-order valence-corrected chi connectivity index (χ2v) is 7.76. The number of nitrogens with zero attached hydrogens (tertiary/aromatic N) is 1. The number of aliphatic hydroxyl groups is 1. The van der Waals surface area contributed by atoms with E-state index in [1.54, 1.807) is 0 Å². The van der Waals surface area contributed by atoms with Gasteiger partial charge in [0.1, 0.15) is 0 Å². The molecule has 3 nitrogen and oxygen atoms in total. The van der Waals surface area contributed by atoms with Crippen LogP contribution in [0, 0.1) is 5.41 Å². The van der Waals surface area contributed by atoms with Crippen LogP contribution in [0.1, 0.15) is 67.6 Å². The van der Waals surface area contributed by atoms with Crippen LogP contribution in [0.4, 0.5) is 0 Å². The molecule has 0 saturated heterocycles. The van der Waals surface area contributed by atoms with Crippen molar-refractivity contribution < 1.29 is 5.11 Å². The zero-order valence-electron chi connectivity index (χ0n) is 12.6. The first-order valence-electron chi connectivity index (χ1n) is 8.01. The van der Waals surface area contributed by atoms with Crippen LogP contribution in [0.15, 0.2) is 0 Å². The summed E-state index contributed by atoms with van der Waals surface area (Å²) in [6, 6.07) is 0.918. The van der Waals surface area contributed by atoms with Gasteiger partial charge in [0.2, 0.25) is 0 Å². The van der Waals surface area contributed by atoms with Crippen LogP contribution in [0.25, 0.3) is 0 Å². The fourth-order valence-corrected chi connectivity index (χ4v) is 4.88. The lowest BCUT2D eigenvalue weighted by Crippen LogP contribution is -2.44. The smallest absolute Gasteiger partial charge is 0.0928 e. The monoisotopic (exact) mass is 294 g/mol. The molecule has 1 saturated carbocycles. The largest absolute Gasteiger partial charge is 0.396 e. The topological polar surface area (TPSA) is 45.2 Å². The molecule has 0 radical (unpaired) electrons. The third-order valence-corrected chi connectivity index (χ3v) is 6.50. The van der Waals surface area contributed by atoms with E-state index in [0.717, 1.165) is 19.3 Å². The highest BCUT2D eigenvalue weighted by Crippen LogP contribution is 2.41. The van der Waals surface area contributed by atoms with Crippen molar-refractivity contribution in [2.24, 2.45) is 5.41 Å². The molecule has 1 heterocycles. The summed E-state index contributed by atoms with van der Waals surface area (Å²) in [7, 11) is 0. The van der Waals surface area contributed by atoms with Crippen LogP contribution in [-0.2, 0) is 12.8 Å². The highest BCUT2D eigenvalue weighted by molar-refractivity contribution is 7.11. The van der Waals surface area contributed by atoms with Gasteiger partial charge >= 0.3 is 0 Å². The van der Waals surface area contributed by atoms with E-state index >= 15 is 0 Å². The van der Waals surface area contributed by atoms with Crippen molar-refractivity contribution in [1.82, 2.24) is 10.3 Å². The van der Waals surface area contributed by atoms with E-state index in [2.05, 4.69) is 19.2 Å². The zero-order valence-corrected chi connectivity index (χ0v) is 13.4. The Morgan fingerprint density at radius 2 is 2.25 bits per heavy atom. The number of rotatable bonds is 4. The van der Waals surface area contributed by atoms with Gasteiger partial charge in [-0.25, -0.2) is 4.98 Å². The first-order valence-corrected chi connectivity index (χ1v) is 8.83. The molecule has 2 aliphatic rings. The summed E-state index contributed by atoms with van der Waals surface area (Å²) in [6.45, 7) is 4.71. The van der Waals surface area contributed by atoms with Gasteiger partial charge in [0.25, 0.3) is 0 Å². The van der Waals surface area contributed by atoms with E-state index < -0.39 is 0 Å². The molecular formula is C16H26N2OS. The fourth-order valence-electron chi connectivity index (χ4n) is 3.73. The third kappa shape index (κ3) is 2.53. The van der Waals surface area contributed by atoms with Crippen LogP contribution in [0.2, 0.25) is 0 Å². The summed E-state index contributed by atoms with van der Waals surface area (Å²) in [6.07, 6.45) is 8.22. The molecule has 0 spiro atoms. The van der Waals surface area contributed by atoms with Gasteiger partial charge in [-0.1, -0.05) is 20.3 Å². The average molecular weight is 294 g/mol. The van der Waals surface area contributed by atoms with E-state index in [1.165, 1.54) is 41.3 Å². The Morgan fingerprint density at radius 3 is 3.00 bits per heavy atom. The Hall–Kier alpha value is -0.450. The van der Waals surface area contributed by atoms with Gasteiger partial charge in [-0.05, 0) is 38.5 Å². The fraction of sp³-hybridized carbons (Fsp3) is 0.812. The van der Waals surface area contributed by atoms with E-state index in [-0.39, 0.29) is 5.41 Å². The number of hydrogen-bond donors (Lipinski definition) is 2. The molecule has 0 amide bonds. The van der Waals surface area contributed by atoms with Gasteiger partial charge in [-0.3, -0.25) is 0 Å². The molecule has 2 N–H and O–H groups in total. The molecule has 0 aliphatic heterocycles. The van der Waals surface area contributed by atoms with Crippen LogP contribution in [0.3, 0.4) is 0 Å². The van der Waals surface area contributed by atoms with Crippen molar-refractivity contribution in [2.75, 3.05) is 6.61 Å². The Labute approximate surface area is 125 Å². The number of hydrogen-bond acceptors (Lipinski definition) is 4. The zero-order chi connectivity index (χ0) is 14.2. The van der Waals surface area contributed by atoms with Gasteiger partial charge in [0.15, 0.2) is 0 Å². The first-order chi connectivity index (χ1) is 9.66. The lowest BCUT2D eigenvalue weighted by Gasteiger charge is -2.34. The van der Waals surface area contributed by atoms with Crippen LogP contribution >= 0.6 is 11.3 Å². The minimum Gasteiger partial charge on any atom is -0.396 e. The Balaban J connectivity index is 1.77. The number of aromatic nitrogens is 1. The second kappa shape index (κ2) is 5.74. The van der Waals surface area contributed by atoms with Crippen molar-refractivity contribution >= 4 is 11.3 Å². The summed E-state index contributed by atoms with van der Waals surface area (Å²) < 4.78 is 0. The molecule has 112 valence electrons. The molecular weight excluding hydrogens is 268 g/mol. The maximum Gasteiger partial charge on any atom is 0.0928 e. The summed E-state index contributed by atoms with van der Waals surface area (Å²) in [5.41, 5.74) is 1.40. The van der Waals surface area contributed by atoms with Crippen molar-refractivity contribution in [3.05, 3.63) is 15.6 Å². The predicted octanol–water partition coefficient (Wildman–Crippen LogP) is 3.22. The van der Waals surface area contributed by atoms with Crippen molar-refractivity contribution in [3.63, 3.8) is 0 Å². The second-order valence-electron chi connectivity index (χ2n) is 6.64. The number of nitrogens with one attached hydrogen (secondary N) is 1. The molecule has 1 aromatic rings. The normalized spacial score (nSPS) is 33.4. The van der Waals surface area contributed by atoms with E-state index in [1.807, 2.05) is 11.3 Å². The number of aryl methyl sites for hydroxylation is 2. The van der Waals surface area contributed by atoms with Gasteiger partial charge < -0.3 is 10.4 Å². The third-order valence-electron chi connectivity index (χ3n) is 5.14. The highest BCUT2D eigenvalue weighted by Gasteiger charge is 2.40. The van der Waals surface area contributed by atoms with Crippen molar-refractivity contribution in [3.8, 4) is 0 Å². The summed E-state index contributed by atoms with van der Waals surface area (Å²) >= 11 is 1.90. The lowest BCUT2D eigenvalue weighted by atomic mass is 9.84. The Morgan fingerprint density at radius 1 is 1.40 bits per heavy atom. The molecule has 3 unspecified atom stereocenters. The Kier molecular flexibility index (Phi) is 4.16. The van der Waals surface area contributed by atoms with Crippen LogP contribution in [0.5, 0.6) is 0 Å². The summed E-state index contributed by atoms with van der Waals surface area (Å²) in [5, 5.41) is 14.9. The predicted molar refractivity (Wildman–Crippen MR) is 83.1 cm³/mol. The van der Waals surface area contributed by atoms with E-state index in [0.29, 0.717) is 18.7 Å². The van der Waals surface area contributed by atoms with E-state index in [4.69, 9.17) is 4.98 Å². The summed E-state index contributed by atoms with van der Waals surface area (Å²) in [5.74, 6) is 0. The SMILES string of the molecule is CCc1nc2c(s1)C(NC1CCCC1(C)CO)CCC2. The minimum atomic E-state index is 0.0654. The lowest BCUT2D eigenvalue weighted by molar-refractivity contribution is 0.112. The average Bonchev–Trinajstić information content (AvgIpc) is 3.04. The molecule has 0 bridgehead atoms. The molecule has 3 rings (SSSR count). The quantitative estimate of drug-likeness (QED) is 0.896. The molecule has 1 fully saturated rings. The standard InChI is InChI=1S/C16H26N2OS/c1-3-14-18-12-7-4-6-11(15(12)20-14)17-13-8-5-9-16(13,2)10-19/h11,13,17,19H,3-10H2,1-2H3. The molecule has 20 heavy (non-hydrogen) atoms. The number of thiazole rings is 1. The van der Waals surface area contributed by atoms with Crippen molar-refractivity contribution in [1.29, 1.82) is 0 Å². The number of aliphatic hydroxyl groups excluding tert-OH is 1. The molecule has 1 aromatic heterocycles. The van der Waals surface area contributed by atoms with Crippen LogP contribution < -0.4 is 5.32 Å². The molecule has 2 aliphatic carbocycles. The Bertz CT molecular complexity index is 473. The van der Waals surface area contributed by atoms with Crippen LogP contribution in [-0.4, -0.2) is 22.7 Å². The van der Waals surface area contributed by atoms with Gasteiger partial charge in [0.05, 0.1) is 10.7 Å². The van der Waals surface area contributed by atoms with Gasteiger partial charge in [-0.2, -0.15) is 0 Å². The minimum absolute atomic E-state index is 0.0654. The van der Waals surface area contributed by atoms with E-state index in [9.17, 15) is 5.11 Å². The van der Waals surface area contributed by atoms with Crippen molar-refractivity contribution in [2.45, 2.75) is 70.9 Å². The van der Waals surface area contributed by atoms with Gasteiger partial charge in [-0.15, -0.1) is 11.3 Å². The molecule has 3 atom stereocenters.